The highest BCUT2D eigenvalue weighted by atomic mass is 32.2. The number of aromatic nitrogens is 3. The van der Waals surface area contributed by atoms with Gasteiger partial charge in [0.05, 0.1) is 18.4 Å². The monoisotopic (exact) mass is 408 g/mol. The lowest BCUT2D eigenvalue weighted by molar-refractivity contribution is -0.120. The minimum Gasteiger partial charge on any atom is -0.353 e. The van der Waals surface area contributed by atoms with E-state index in [0.717, 1.165) is 10.8 Å². The molecule has 1 saturated heterocycles. The fourth-order valence-corrected chi connectivity index (χ4v) is 3.65. The fraction of sp³-hybridized carbons (Fsp3) is 0.200. The van der Waals surface area contributed by atoms with Gasteiger partial charge in [-0.3, -0.25) is 14.2 Å². The van der Waals surface area contributed by atoms with Crippen molar-refractivity contribution in [2.45, 2.75) is 5.16 Å². The minimum atomic E-state index is -0.218. The Morgan fingerprint density at radius 3 is 2.90 bits per heavy atom. The first-order valence-electron chi connectivity index (χ1n) is 9.11. The Bertz CT molecular complexity index is 1030. The molecule has 0 saturated carbocycles. The van der Waals surface area contributed by atoms with Crippen LogP contribution >= 0.6 is 11.8 Å². The summed E-state index contributed by atoms with van der Waals surface area (Å²) in [5.41, 5.74) is 2.01. The van der Waals surface area contributed by atoms with E-state index in [1.54, 1.807) is 42.4 Å². The minimum absolute atomic E-state index is 0.0159. The van der Waals surface area contributed by atoms with Gasteiger partial charge in [-0.05, 0) is 36.6 Å². The Morgan fingerprint density at radius 2 is 2.14 bits per heavy atom. The highest BCUT2D eigenvalue weighted by Gasteiger charge is 2.17. The van der Waals surface area contributed by atoms with Gasteiger partial charge < -0.3 is 15.5 Å². The number of pyridine rings is 1. The van der Waals surface area contributed by atoms with Crippen molar-refractivity contribution in [2.75, 3.05) is 36.1 Å². The average molecular weight is 408 g/mol. The summed E-state index contributed by atoms with van der Waals surface area (Å²) in [6, 6.07) is 11.0. The highest BCUT2D eigenvalue weighted by Crippen LogP contribution is 2.20. The van der Waals surface area contributed by atoms with E-state index >= 15 is 0 Å². The molecule has 0 unspecified atom stereocenters. The third-order valence-corrected chi connectivity index (χ3v) is 5.21. The van der Waals surface area contributed by atoms with Gasteiger partial charge in [-0.1, -0.05) is 17.8 Å². The van der Waals surface area contributed by atoms with Gasteiger partial charge in [-0.15, -0.1) is 0 Å². The van der Waals surface area contributed by atoms with Crippen molar-refractivity contribution in [1.29, 1.82) is 0 Å². The first-order valence-corrected chi connectivity index (χ1v) is 10.3. The lowest BCUT2D eigenvalue weighted by atomic mass is 10.2. The second-order valence-corrected chi connectivity index (χ2v) is 7.24. The number of carbonyl (C=O) groups is 2. The number of nitrogens with zero attached hydrogens (tertiary/aromatic N) is 4. The lowest BCUT2D eigenvalue weighted by Gasteiger charge is -2.27. The Kier molecular flexibility index (Phi) is 5.48. The fourth-order valence-electron chi connectivity index (χ4n) is 3.12. The van der Waals surface area contributed by atoms with E-state index in [4.69, 9.17) is 0 Å². The summed E-state index contributed by atoms with van der Waals surface area (Å²) in [5, 5.41) is 6.51. The molecule has 8 nitrogen and oxygen atoms in total. The van der Waals surface area contributed by atoms with E-state index < -0.39 is 0 Å². The Balaban J connectivity index is 1.47. The molecule has 0 atom stereocenters. The van der Waals surface area contributed by atoms with Gasteiger partial charge in [0.1, 0.15) is 5.82 Å². The summed E-state index contributed by atoms with van der Waals surface area (Å²) >= 11 is 1.54. The summed E-state index contributed by atoms with van der Waals surface area (Å²) in [6.07, 6.45) is 7.16. The molecule has 3 heterocycles. The van der Waals surface area contributed by atoms with E-state index in [0.29, 0.717) is 30.2 Å². The number of imidazole rings is 1. The van der Waals surface area contributed by atoms with Crippen LogP contribution in [0.4, 0.5) is 11.5 Å². The van der Waals surface area contributed by atoms with Crippen molar-refractivity contribution in [2.24, 2.45) is 0 Å². The van der Waals surface area contributed by atoms with Gasteiger partial charge in [-0.2, -0.15) is 0 Å². The molecule has 0 spiro atoms. The number of hydrogen-bond donors (Lipinski definition) is 2. The number of nitrogens with one attached hydrogen (secondary N) is 2. The second kappa shape index (κ2) is 8.36. The van der Waals surface area contributed by atoms with Crippen molar-refractivity contribution in [3.8, 4) is 5.69 Å². The summed E-state index contributed by atoms with van der Waals surface area (Å²) in [6.45, 7) is 1.60. The molecule has 2 N–H and O–H groups in total. The summed E-state index contributed by atoms with van der Waals surface area (Å²) in [4.78, 5) is 34.8. The average Bonchev–Trinajstić information content (AvgIpc) is 3.23. The van der Waals surface area contributed by atoms with Crippen LogP contribution in [-0.2, 0) is 4.79 Å². The van der Waals surface area contributed by atoms with Crippen molar-refractivity contribution < 1.29 is 9.59 Å². The molecular formula is C20H20N6O2S. The van der Waals surface area contributed by atoms with Gasteiger partial charge in [0, 0.05) is 36.7 Å². The number of amides is 2. The second-order valence-electron chi connectivity index (χ2n) is 6.46. The Morgan fingerprint density at radius 1 is 1.24 bits per heavy atom. The number of piperazine rings is 1. The predicted molar refractivity (Wildman–Crippen MR) is 113 cm³/mol. The standard InChI is InChI=1S/C20H20N6O2S/c1-29-20-22-8-10-26(20)16-4-2-3-14(11-16)19(28)24-15-5-6-17(23-12-15)25-9-7-21-18(27)13-25/h2-6,8,10-12H,7,9,13H2,1H3,(H,21,27)(H,24,28). The van der Waals surface area contributed by atoms with Crippen LogP contribution in [0, 0.1) is 0 Å². The molecule has 0 radical (unpaired) electrons. The summed E-state index contributed by atoms with van der Waals surface area (Å²) in [5.74, 6) is 0.479. The Hall–Kier alpha value is -3.33. The van der Waals surface area contributed by atoms with Crippen molar-refractivity contribution >= 4 is 35.1 Å². The summed E-state index contributed by atoms with van der Waals surface area (Å²) < 4.78 is 1.94. The molecule has 1 aliphatic rings. The molecule has 3 aromatic rings. The van der Waals surface area contributed by atoms with E-state index in [9.17, 15) is 9.59 Å². The molecule has 148 valence electrons. The molecule has 29 heavy (non-hydrogen) atoms. The van der Waals surface area contributed by atoms with Crippen LogP contribution in [0.5, 0.6) is 0 Å². The van der Waals surface area contributed by atoms with Gasteiger partial charge in [0.15, 0.2) is 5.16 Å². The first-order chi connectivity index (χ1) is 14.1. The van der Waals surface area contributed by atoms with Crippen molar-refractivity contribution in [3.05, 3.63) is 60.6 Å². The van der Waals surface area contributed by atoms with Crippen molar-refractivity contribution in [3.63, 3.8) is 0 Å². The van der Waals surface area contributed by atoms with Crippen LogP contribution in [0.2, 0.25) is 0 Å². The Labute approximate surface area is 172 Å². The zero-order valence-corrected chi connectivity index (χ0v) is 16.6. The number of hydrogen-bond acceptors (Lipinski definition) is 6. The van der Waals surface area contributed by atoms with E-state index in [2.05, 4.69) is 20.6 Å². The lowest BCUT2D eigenvalue weighted by Crippen LogP contribution is -2.48. The maximum Gasteiger partial charge on any atom is 0.255 e. The predicted octanol–water partition coefficient (Wildman–Crippen LogP) is 2.18. The van der Waals surface area contributed by atoms with Crippen molar-refractivity contribution in [1.82, 2.24) is 19.9 Å². The quantitative estimate of drug-likeness (QED) is 0.629. The zero-order valence-electron chi connectivity index (χ0n) is 15.8. The van der Waals surface area contributed by atoms with Gasteiger partial charge in [0.25, 0.3) is 5.91 Å². The van der Waals surface area contributed by atoms with E-state index in [1.807, 2.05) is 40.1 Å². The third-order valence-electron chi connectivity index (χ3n) is 4.54. The largest absolute Gasteiger partial charge is 0.353 e. The number of rotatable bonds is 5. The first kappa shape index (κ1) is 19.0. The number of benzene rings is 1. The summed E-state index contributed by atoms with van der Waals surface area (Å²) in [7, 11) is 0. The maximum absolute atomic E-state index is 12.7. The van der Waals surface area contributed by atoms with Crippen LogP contribution in [0.15, 0.2) is 60.1 Å². The molecule has 1 aromatic carbocycles. The van der Waals surface area contributed by atoms with Crippen LogP contribution < -0.4 is 15.5 Å². The van der Waals surface area contributed by atoms with Gasteiger partial charge >= 0.3 is 0 Å². The third kappa shape index (κ3) is 4.24. The zero-order chi connectivity index (χ0) is 20.2. The SMILES string of the molecule is CSc1nccn1-c1cccc(C(=O)Nc2ccc(N3CCNC(=O)C3)nc2)c1. The van der Waals surface area contributed by atoms with Gasteiger partial charge in [0.2, 0.25) is 5.91 Å². The van der Waals surface area contributed by atoms with E-state index in [1.165, 1.54) is 0 Å². The number of thioether (sulfide) groups is 1. The smallest absolute Gasteiger partial charge is 0.255 e. The molecule has 4 rings (SSSR count). The van der Waals surface area contributed by atoms with Crippen LogP contribution in [0.3, 0.4) is 0 Å². The van der Waals surface area contributed by atoms with Crippen LogP contribution in [-0.4, -0.2) is 52.2 Å². The molecule has 2 amide bonds. The van der Waals surface area contributed by atoms with Crippen LogP contribution in [0.25, 0.3) is 5.69 Å². The van der Waals surface area contributed by atoms with E-state index in [-0.39, 0.29) is 18.4 Å². The molecule has 1 aliphatic heterocycles. The normalized spacial score (nSPS) is 13.8. The molecule has 2 aromatic heterocycles. The highest BCUT2D eigenvalue weighted by molar-refractivity contribution is 7.98. The maximum atomic E-state index is 12.7. The number of carbonyl (C=O) groups excluding carboxylic acids is 2. The van der Waals surface area contributed by atoms with Crippen LogP contribution in [0.1, 0.15) is 10.4 Å². The molecule has 0 bridgehead atoms. The molecule has 0 aliphatic carbocycles. The topological polar surface area (TPSA) is 92.2 Å². The molecule has 1 fully saturated rings. The van der Waals surface area contributed by atoms with Gasteiger partial charge in [-0.25, -0.2) is 9.97 Å². The number of anilines is 2. The molecule has 9 heteroatoms. The molecular weight excluding hydrogens is 388 g/mol.